The van der Waals surface area contributed by atoms with Crippen LogP contribution in [0.15, 0.2) is 48.5 Å². The van der Waals surface area contributed by atoms with Crippen LogP contribution in [0.4, 0.5) is 0 Å². The highest BCUT2D eigenvalue weighted by molar-refractivity contribution is 6.30. The first-order valence-electron chi connectivity index (χ1n) is 7.90. The van der Waals surface area contributed by atoms with E-state index in [2.05, 4.69) is 0 Å². The van der Waals surface area contributed by atoms with E-state index in [1.807, 2.05) is 12.1 Å². The van der Waals surface area contributed by atoms with Crippen molar-refractivity contribution in [2.45, 2.75) is 12.5 Å². The predicted octanol–water partition coefficient (Wildman–Crippen LogP) is 2.70. The number of carbonyl (C=O) groups excluding carboxylic acids is 3. The lowest BCUT2D eigenvalue weighted by Gasteiger charge is -2.19. The normalized spacial score (nSPS) is 14.0. The standard InChI is InChI=1S/C19H17ClN2O3.ClH/c20-10-17(23)13-7-5-12(6-8-13)9-14(21)11-22-18(24)15-3-1-2-4-16(15)19(22)25;/h1-8,14H,9-11,21H2;1H/t14-;/m0./s1. The van der Waals surface area contributed by atoms with Crippen LogP contribution in [0.2, 0.25) is 0 Å². The molecule has 5 nitrogen and oxygen atoms in total. The van der Waals surface area contributed by atoms with Crippen LogP contribution in [0, 0.1) is 0 Å². The van der Waals surface area contributed by atoms with E-state index in [1.165, 1.54) is 4.90 Å². The summed E-state index contributed by atoms with van der Waals surface area (Å²) < 4.78 is 0. The Morgan fingerprint density at radius 2 is 1.54 bits per heavy atom. The Hall–Kier alpha value is -2.21. The zero-order valence-electron chi connectivity index (χ0n) is 13.9. The van der Waals surface area contributed by atoms with Crippen molar-refractivity contribution in [2.75, 3.05) is 12.4 Å². The maximum absolute atomic E-state index is 12.3. The van der Waals surface area contributed by atoms with Gasteiger partial charge in [0.05, 0.1) is 17.0 Å². The van der Waals surface area contributed by atoms with Gasteiger partial charge >= 0.3 is 0 Å². The van der Waals surface area contributed by atoms with E-state index in [0.29, 0.717) is 23.1 Å². The van der Waals surface area contributed by atoms with Crippen LogP contribution >= 0.6 is 24.0 Å². The molecule has 2 amide bonds. The summed E-state index contributed by atoms with van der Waals surface area (Å²) in [6.45, 7) is 0.148. The molecule has 26 heavy (non-hydrogen) atoms. The van der Waals surface area contributed by atoms with E-state index < -0.39 is 6.04 Å². The number of nitrogens with two attached hydrogens (primary N) is 1. The minimum absolute atomic E-state index is 0. The van der Waals surface area contributed by atoms with Crippen LogP contribution in [0.25, 0.3) is 0 Å². The van der Waals surface area contributed by atoms with E-state index in [-0.39, 0.29) is 42.4 Å². The molecule has 7 heteroatoms. The fourth-order valence-corrected chi connectivity index (χ4v) is 3.06. The molecule has 1 aliphatic rings. The van der Waals surface area contributed by atoms with Crippen molar-refractivity contribution in [3.05, 3.63) is 70.8 Å². The van der Waals surface area contributed by atoms with E-state index in [0.717, 1.165) is 5.56 Å². The van der Waals surface area contributed by atoms with Gasteiger partial charge in [-0.05, 0) is 24.1 Å². The summed E-state index contributed by atoms with van der Waals surface area (Å²) in [6, 6.07) is 13.4. The average Bonchev–Trinajstić information content (AvgIpc) is 2.87. The fourth-order valence-electron chi connectivity index (χ4n) is 2.91. The lowest BCUT2D eigenvalue weighted by molar-refractivity contribution is 0.0644. The number of amides is 2. The average molecular weight is 393 g/mol. The number of nitrogens with zero attached hydrogens (tertiary/aromatic N) is 1. The maximum Gasteiger partial charge on any atom is 0.261 e. The molecule has 0 unspecified atom stereocenters. The van der Waals surface area contributed by atoms with E-state index in [1.54, 1.807) is 36.4 Å². The molecule has 0 aliphatic carbocycles. The second-order valence-corrected chi connectivity index (χ2v) is 6.25. The highest BCUT2D eigenvalue weighted by atomic mass is 35.5. The molecule has 1 aliphatic heterocycles. The van der Waals surface area contributed by atoms with Gasteiger partial charge < -0.3 is 5.73 Å². The molecule has 2 aromatic carbocycles. The van der Waals surface area contributed by atoms with Crippen molar-refractivity contribution in [1.82, 2.24) is 4.90 Å². The highest BCUT2D eigenvalue weighted by Crippen LogP contribution is 2.22. The lowest BCUT2D eigenvalue weighted by atomic mass is 10.0. The van der Waals surface area contributed by atoms with Gasteiger partial charge in [-0.3, -0.25) is 19.3 Å². The molecular formula is C19H18Cl2N2O3. The quantitative estimate of drug-likeness (QED) is 0.465. The number of halogens is 2. The Balaban J connectivity index is 0.00000243. The second kappa shape index (κ2) is 8.45. The molecule has 3 rings (SSSR count). The molecule has 0 bridgehead atoms. The molecular weight excluding hydrogens is 375 g/mol. The molecule has 0 aromatic heterocycles. The lowest BCUT2D eigenvalue weighted by Crippen LogP contribution is -2.41. The van der Waals surface area contributed by atoms with E-state index in [9.17, 15) is 14.4 Å². The smallest absolute Gasteiger partial charge is 0.261 e. The summed E-state index contributed by atoms with van der Waals surface area (Å²) in [7, 11) is 0. The van der Waals surface area contributed by atoms with Gasteiger partial charge in [0.2, 0.25) is 0 Å². The summed E-state index contributed by atoms with van der Waals surface area (Å²) in [5, 5.41) is 0. The third kappa shape index (κ3) is 3.96. The van der Waals surface area contributed by atoms with Crippen molar-refractivity contribution in [1.29, 1.82) is 0 Å². The van der Waals surface area contributed by atoms with Gasteiger partial charge in [0.15, 0.2) is 5.78 Å². The number of fused-ring (bicyclic) bond motifs is 1. The highest BCUT2D eigenvalue weighted by Gasteiger charge is 2.35. The molecule has 136 valence electrons. The van der Waals surface area contributed by atoms with Crippen molar-refractivity contribution in [3.63, 3.8) is 0 Å². The number of Topliss-reactive ketones (excluding diaryl/α,β-unsaturated/α-hetero) is 1. The van der Waals surface area contributed by atoms with Crippen molar-refractivity contribution in [2.24, 2.45) is 5.73 Å². The third-order valence-corrected chi connectivity index (χ3v) is 4.43. The first kappa shape index (κ1) is 20.1. The zero-order valence-corrected chi connectivity index (χ0v) is 15.4. The van der Waals surface area contributed by atoms with Crippen LogP contribution in [0.5, 0.6) is 0 Å². The number of ketones is 1. The molecule has 1 atom stereocenters. The predicted molar refractivity (Wildman–Crippen MR) is 102 cm³/mol. The van der Waals surface area contributed by atoms with Crippen molar-refractivity contribution < 1.29 is 14.4 Å². The minimum Gasteiger partial charge on any atom is -0.326 e. The van der Waals surface area contributed by atoms with Crippen molar-refractivity contribution in [3.8, 4) is 0 Å². The zero-order chi connectivity index (χ0) is 18.0. The fraction of sp³-hybridized carbons (Fsp3) is 0.211. The first-order chi connectivity index (χ1) is 12.0. The molecule has 0 saturated heterocycles. The van der Waals surface area contributed by atoms with Gasteiger partial charge in [0.1, 0.15) is 0 Å². The monoisotopic (exact) mass is 392 g/mol. The van der Waals surface area contributed by atoms with Gasteiger partial charge in [-0.2, -0.15) is 0 Å². The number of rotatable bonds is 6. The Kier molecular flexibility index (Phi) is 6.53. The van der Waals surface area contributed by atoms with Gasteiger partial charge in [-0.15, -0.1) is 24.0 Å². The van der Waals surface area contributed by atoms with Gasteiger partial charge in [0, 0.05) is 18.2 Å². The van der Waals surface area contributed by atoms with Crippen LogP contribution in [0.3, 0.4) is 0 Å². The van der Waals surface area contributed by atoms with Crippen LogP contribution in [0.1, 0.15) is 36.6 Å². The number of hydrogen-bond donors (Lipinski definition) is 1. The Bertz CT molecular complexity index is 802. The number of benzene rings is 2. The second-order valence-electron chi connectivity index (χ2n) is 5.98. The van der Waals surface area contributed by atoms with Gasteiger partial charge in [-0.1, -0.05) is 36.4 Å². The topological polar surface area (TPSA) is 80.5 Å². The number of hydrogen-bond acceptors (Lipinski definition) is 4. The van der Waals surface area contributed by atoms with Crippen LogP contribution in [-0.4, -0.2) is 41.0 Å². The summed E-state index contributed by atoms with van der Waals surface area (Å²) in [4.78, 5) is 37.4. The number of alkyl halides is 1. The Morgan fingerprint density at radius 1 is 1.00 bits per heavy atom. The molecule has 2 N–H and O–H groups in total. The molecule has 0 spiro atoms. The Labute approximate surface area is 162 Å². The van der Waals surface area contributed by atoms with Crippen LogP contribution < -0.4 is 5.73 Å². The largest absolute Gasteiger partial charge is 0.326 e. The summed E-state index contributed by atoms with van der Waals surface area (Å²) in [5.41, 5.74) is 8.45. The SMILES string of the molecule is Cl.N[C@@H](Cc1ccc(C(=O)CCl)cc1)CN1C(=O)c2ccccc2C1=O. The molecule has 0 radical (unpaired) electrons. The van der Waals surface area contributed by atoms with Gasteiger partial charge in [0.25, 0.3) is 11.8 Å². The molecule has 2 aromatic rings. The first-order valence-corrected chi connectivity index (χ1v) is 8.43. The Morgan fingerprint density at radius 3 is 2.04 bits per heavy atom. The molecule has 1 heterocycles. The summed E-state index contributed by atoms with van der Waals surface area (Å²) in [5.74, 6) is -0.805. The maximum atomic E-state index is 12.3. The summed E-state index contributed by atoms with van der Waals surface area (Å²) >= 11 is 5.53. The minimum atomic E-state index is -0.392. The third-order valence-electron chi connectivity index (χ3n) is 4.19. The van der Waals surface area contributed by atoms with Crippen molar-refractivity contribution >= 4 is 41.6 Å². The van der Waals surface area contributed by atoms with Crippen LogP contribution in [-0.2, 0) is 6.42 Å². The number of carbonyl (C=O) groups is 3. The molecule has 0 saturated carbocycles. The summed E-state index contributed by atoms with van der Waals surface area (Å²) in [6.07, 6.45) is 0.489. The van der Waals surface area contributed by atoms with Gasteiger partial charge in [-0.25, -0.2) is 0 Å². The van der Waals surface area contributed by atoms with E-state index >= 15 is 0 Å². The number of imide groups is 1. The van der Waals surface area contributed by atoms with E-state index in [4.69, 9.17) is 17.3 Å². The molecule has 0 fully saturated rings.